The summed E-state index contributed by atoms with van der Waals surface area (Å²) in [4.78, 5) is 12.2. The summed E-state index contributed by atoms with van der Waals surface area (Å²) >= 11 is 1.03. The standard InChI is InChI=1S/C10H16N2O3S2/c1-2-3-6-12-9(13)7-8-4-5-10(16-8)17(11,14)15/h4-5H,2-3,6-7H2,1H3,(H,12,13)(H2,11,14,15). The number of unbranched alkanes of at least 4 members (excludes halogenated alkanes) is 1. The molecule has 1 heterocycles. The first-order valence-corrected chi connectivity index (χ1v) is 7.68. The normalized spacial score (nSPS) is 11.4. The van der Waals surface area contributed by atoms with Gasteiger partial charge in [0.25, 0.3) is 0 Å². The molecule has 0 spiro atoms. The van der Waals surface area contributed by atoms with Crippen LogP contribution in [0.1, 0.15) is 24.6 Å². The van der Waals surface area contributed by atoms with E-state index in [1.54, 1.807) is 6.07 Å². The smallest absolute Gasteiger partial charge is 0.247 e. The molecule has 0 aliphatic rings. The maximum Gasteiger partial charge on any atom is 0.247 e. The molecule has 0 bridgehead atoms. The maximum atomic E-state index is 11.5. The molecular weight excluding hydrogens is 260 g/mol. The van der Waals surface area contributed by atoms with E-state index in [0.29, 0.717) is 11.4 Å². The highest BCUT2D eigenvalue weighted by atomic mass is 32.2. The van der Waals surface area contributed by atoms with Crippen molar-refractivity contribution in [3.8, 4) is 0 Å². The Kier molecular flexibility index (Phi) is 5.10. The third-order valence-electron chi connectivity index (χ3n) is 2.10. The summed E-state index contributed by atoms with van der Waals surface area (Å²) < 4.78 is 22.2. The maximum absolute atomic E-state index is 11.5. The minimum absolute atomic E-state index is 0.0915. The summed E-state index contributed by atoms with van der Waals surface area (Å²) in [6.45, 7) is 2.70. The molecule has 1 aromatic heterocycles. The Morgan fingerprint density at radius 3 is 2.71 bits per heavy atom. The highest BCUT2D eigenvalue weighted by molar-refractivity contribution is 7.91. The summed E-state index contributed by atoms with van der Waals surface area (Å²) in [5.74, 6) is -0.0960. The molecule has 3 N–H and O–H groups in total. The van der Waals surface area contributed by atoms with Crippen LogP contribution in [0.15, 0.2) is 16.3 Å². The van der Waals surface area contributed by atoms with Crippen molar-refractivity contribution < 1.29 is 13.2 Å². The second-order valence-corrected chi connectivity index (χ2v) is 6.60. The van der Waals surface area contributed by atoms with Crippen LogP contribution in [-0.2, 0) is 21.2 Å². The fourth-order valence-electron chi connectivity index (χ4n) is 1.23. The SMILES string of the molecule is CCCCNC(=O)Cc1ccc(S(N)(=O)=O)s1. The van der Waals surface area contributed by atoms with Crippen molar-refractivity contribution in [2.24, 2.45) is 5.14 Å². The van der Waals surface area contributed by atoms with Gasteiger partial charge in [0.05, 0.1) is 6.42 Å². The third-order valence-corrected chi connectivity index (χ3v) is 4.63. The van der Waals surface area contributed by atoms with Crippen LogP contribution in [0.5, 0.6) is 0 Å². The average molecular weight is 276 g/mol. The molecule has 0 aromatic carbocycles. The van der Waals surface area contributed by atoms with Gasteiger partial charge in [-0.05, 0) is 18.6 Å². The number of rotatable bonds is 6. The quantitative estimate of drug-likeness (QED) is 0.755. The molecule has 0 aliphatic heterocycles. The van der Waals surface area contributed by atoms with Crippen molar-refractivity contribution in [3.63, 3.8) is 0 Å². The van der Waals surface area contributed by atoms with Crippen molar-refractivity contribution in [1.29, 1.82) is 0 Å². The van der Waals surface area contributed by atoms with Gasteiger partial charge in [0.2, 0.25) is 15.9 Å². The van der Waals surface area contributed by atoms with Crippen LogP contribution >= 0.6 is 11.3 Å². The number of amides is 1. The van der Waals surface area contributed by atoms with E-state index < -0.39 is 10.0 Å². The number of carbonyl (C=O) groups is 1. The van der Waals surface area contributed by atoms with Crippen LogP contribution < -0.4 is 10.5 Å². The lowest BCUT2D eigenvalue weighted by molar-refractivity contribution is -0.120. The molecule has 0 saturated carbocycles. The molecule has 0 saturated heterocycles. The lowest BCUT2D eigenvalue weighted by Crippen LogP contribution is -2.25. The van der Waals surface area contributed by atoms with Gasteiger partial charge in [0, 0.05) is 11.4 Å². The van der Waals surface area contributed by atoms with E-state index >= 15 is 0 Å². The van der Waals surface area contributed by atoms with E-state index in [9.17, 15) is 13.2 Å². The number of hydrogen-bond acceptors (Lipinski definition) is 4. The van der Waals surface area contributed by atoms with Gasteiger partial charge >= 0.3 is 0 Å². The van der Waals surface area contributed by atoms with Crippen LogP contribution in [0.4, 0.5) is 0 Å². The average Bonchev–Trinajstić information content (AvgIpc) is 2.66. The van der Waals surface area contributed by atoms with Gasteiger partial charge in [0.1, 0.15) is 4.21 Å². The zero-order valence-electron chi connectivity index (χ0n) is 9.60. The fourth-order valence-corrected chi connectivity index (χ4v) is 3.01. The van der Waals surface area contributed by atoms with Gasteiger partial charge in [-0.2, -0.15) is 0 Å². The molecule has 1 amide bonds. The predicted octanol–water partition coefficient (Wildman–Crippen LogP) is 0.854. The van der Waals surface area contributed by atoms with E-state index in [0.717, 1.165) is 24.2 Å². The minimum Gasteiger partial charge on any atom is -0.356 e. The van der Waals surface area contributed by atoms with Crippen LogP contribution in [0.3, 0.4) is 0 Å². The highest BCUT2D eigenvalue weighted by Crippen LogP contribution is 2.20. The molecule has 1 aromatic rings. The first-order chi connectivity index (χ1) is 7.93. The predicted molar refractivity (Wildman–Crippen MR) is 67.3 cm³/mol. The van der Waals surface area contributed by atoms with Gasteiger partial charge < -0.3 is 5.32 Å². The number of sulfonamides is 1. The lowest BCUT2D eigenvalue weighted by atomic mass is 10.3. The van der Waals surface area contributed by atoms with E-state index in [2.05, 4.69) is 5.32 Å². The second kappa shape index (κ2) is 6.13. The summed E-state index contributed by atoms with van der Waals surface area (Å²) in [6, 6.07) is 3.04. The van der Waals surface area contributed by atoms with E-state index in [1.165, 1.54) is 6.07 Å². The van der Waals surface area contributed by atoms with E-state index in [-0.39, 0.29) is 16.5 Å². The fraction of sp³-hybridized carbons (Fsp3) is 0.500. The number of carbonyl (C=O) groups excluding carboxylic acids is 1. The van der Waals surface area contributed by atoms with Gasteiger partial charge in [0.15, 0.2) is 0 Å². The number of thiophene rings is 1. The van der Waals surface area contributed by atoms with Gasteiger partial charge in [-0.25, -0.2) is 13.6 Å². The Hall–Kier alpha value is -0.920. The Balaban J connectivity index is 2.52. The summed E-state index contributed by atoms with van der Waals surface area (Å²) in [5.41, 5.74) is 0. The summed E-state index contributed by atoms with van der Waals surface area (Å²) in [5, 5.41) is 7.75. The Morgan fingerprint density at radius 2 is 2.18 bits per heavy atom. The molecule has 0 fully saturated rings. The van der Waals surface area contributed by atoms with Crippen molar-refractivity contribution in [1.82, 2.24) is 5.32 Å². The number of nitrogens with one attached hydrogen (secondary N) is 1. The topological polar surface area (TPSA) is 89.3 Å². The summed E-state index contributed by atoms with van der Waals surface area (Å²) in [7, 11) is -3.65. The zero-order valence-corrected chi connectivity index (χ0v) is 11.2. The van der Waals surface area contributed by atoms with Crippen LogP contribution in [0.25, 0.3) is 0 Å². The first kappa shape index (κ1) is 14.1. The number of hydrogen-bond donors (Lipinski definition) is 2. The Labute approximate surface area is 105 Å². The van der Waals surface area contributed by atoms with Crippen LogP contribution in [0, 0.1) is 0 Å². The van der Waals surface area contributed by atoms with Gasteiger partial charge in [-0.3, -0.25) is 4.79 Å². The minimum atomic E-state index is -3.65. The molecule has 96 valence electrons. The van der Waals surface area contributed by atoms with Gasteiger partial charge in [-0.15, -0.1) is 11.3 Å². The molecular formula is C10H16N2O3S2. The summed E-state index contributed by atoms with van der Waals surface area (Å²) in [6.07, 6.45) is 2.16. The molecule has 0 unspecified atom stereocenters. The largest absolute Gasteiger partial charge is 0.356 e. The molecule has 0 radical (unpaired) electrons. The second-order valence-electron chi connectivity index (χ2n) is 3.65. The Morgan fingerprint density at radius 1 is 1.47 bits per heavy atom. The molecule has 7 heteroatoms. The Bertz CT molecular complexity index is 479. The first-order valence-electron chi connectivity index (χ1n) is 5.31. The van der Waals surface area contributed by atoms with Crippen molar-refractivity contribution >= 4 is 27.3 Å². The highest BCUT2D eigenvalue weighted by Gasteiger charge is 2.12. The van der Waals surface area contributed by atoms with E-state index in [4.69, 9.17) is 5.14 Å². The molecule has 17 heavy (non-hydrogen) atoms. The van der Waals surface area contributed by atoms with Crippen molar-refractivity contribution in [2.75, 3.05) is 6.54 Å². The third kappa shape index (κ3) is 4.84. The van der Waals surface area contributed by atoms with Gasteiger partial charge in [-0.1, -0.05) is 13.3 Å². The zero-order chi connectivity index (χ0) is 12.9. The van der Waals surface area contributed by atoms with Crippen LogP contribution in [-0.4, -0.2) is 20.9 Å². The van der Waals surface area contributed by atoms with Crippen molar-refractivity contribution in [2.45, 2.75) is 30.4 Å². The number of nitrogens with two attached hydrogens (primary N) is 1. The molecule has 5 nitrogen and oxygen atoms in total. The van der Waals surface area contributed by atoms with Crippen molar-refractivity contribution in [3.05, 3.63) is 17.0 Å². The monoisotopic (exact) mass is 276 g/mol. The molecule has 1 rings (SSSR count). The molecule has 0 atom stereocenters. The number of primary sulfonamides is 1. The van der Waals surface area contributed by atoms with Crippen LogP contribution in [0.2, 0.25) is 0 Å². The van der Waals surface area contributed by atoms with E-state index in [1.807, 2.05) is 6.92 Å². The molecule has 0 aliphatic carbocycles. The lowest BCUT2D eigenvalue weighted by Gasteiger charge is -2.02.